The van der Waals surface area contributed by atoms with E-state index in [-0.39, 0.29) is 19.1 Å². The van der Waals surface area contributed by atoms with E-state index in [9.17, 15) is 14.9 Å². The molecule has 0 fully saturated rings. The van der Waals surface area contributed by atoms with Gasteiger partial charge in [0.05, 0.1) is 11.6 Å². The molecule has 0 spiro atoms. The van der Waals surface area contributed by atoms with E-state index < -0.39 is 6.09 Å². The molecular weight excluding hydrogens is 482 g/mol. The number of nitriles is 1. The third-order valence-electron chi connectivity index (χ3n) is 6.37. The van der Waals surface area contributed by atoms with E-state index in [4.69, 9.17) is 4.74 Å². The SMILES string of the molecule is Cc1cc(C#N)cc(CNC(=O)OCC2c3ccccc3-c3ccccc32)c1Sc1ncccc1C=O. The Morgan fingerprint density at radius 1 is 1.08 bits per heavy atom. The molecule has 0 saturated carbocycles. The molecule has 7 heteroatoms. The number of nitrogens with zero attached hydrogens (tertiary/aromatic N) is 2. The monoisotopic (exact) mass is 505 g/mol. The molecule has 0 atom stereocenters. The van der Waals surface area contributed by atoms with Crippen molar-refractivity contribution in [1.82, 2.24) is 10.3 Å². The minimum Gasteiger partial charge on any atom is -0.449 e. The highest BCUT2D eigenvalue weighted by molar-refractivity contribution is 7.99. The van der Waals surface area contributed by atoms with Crippen LogP contribution in [0.2, 0.25) is 0 Å². The number of aldehydes is 1. The average molecular weight is 506 g/mol. The van der Waals surface area contributed by atoms with Crippen molar-refractivity contribution in [2.75, 3.05) is 6.61 Å². The zero-order valence-corrected chi connectivity index (χ0v) is 20.9. The molecule has 1 aliphatic rings. The van der Waals surface area contributed by atoms with Gasteiger partial charge in [0.1, 0.15) is 11.6 Å². The van der Waals surface area contributed by atoms with Crippen LogP contribution in [0.1, 0.15) is 44.1 Å². The van der Waals surface area contributed by atoms with E-state index in [1.54, 1.807) is 30.5 Å². The van der Waals surface area contributed by atoms with Crippen LogP contribution in [0.5, 0.6) is 0 Å². The molecule has 37 heavy (non-hydrogen) atoms. The molecule has 6 nitrogen and oxygen atoms in total. The number of hydrogen-bond acceptors (Lipinski definition) is 6. The van der Waals surface area contributed by atoms with Crippen molar-refractivity contribution in [1.29, 1.82) is 5.26 Å². The summed E-state index contributed by atoms with van der Waals surface area (Å²) in [4.78, 5) is 29.4. The summed E-state index contributed by atoms with van der Waals surface area (Å²) in [6.45, 7) is 2.28. The molecule has 0 saturated heterocycles. The topological polar surface area (TPSA) is 92.1 Å². The van der Waals surface area contributed by atoms with Gasteiger partial charge >= 0.3 is 6.09 Å². The zero-order valence-electron chi connectivity index (χ0n) is 20.1. The van der Waals surface area contributed by atoms with Crippen LogP contribution >= 0.6 is 11.8 Å². The Kier molecular flexibility index (Phi) is 7.02. The Hall–Kier alpha value is -4.41. The maximum atomic E-state index is 12.7. The van der Waals surface area contributed by atoms with Crippen LogP contribution < -0.4 is 5.32 Å². The van der Waals surface area contributed by atoms with Gasteiger partial charge in [-0.15, -0.1) is 0 Å². The van der Waals surface area contributed by atoms with Gasteiger partial charge in [-0.1, -0.05) is 60.3 Å². The minimum atomic E-state index is -0.538. The number of benzene rings is 3. The lowest BCUT2D eigenvalue weighted by Crippen LogP contribution is -2.26. The van der Waals surface area contributed by atoms with Crippen molar-refractivity contribution in [3.05, 3.63) is 112 Å². The molecule has 0 bridgehead atoms. The number of aromatic nitrogens is 1. The van der Waals surface area contributed by atoms with Gasteiger partial charge in [0, 0.05) is 29.1 Å². The first-order valence-corrected chi connectivity index (χ1v) is 12.6. The first-order chi connectivity index (χ1) is 18.1. The first-order valence-electron chi connectivity index (χ1n) is 11.8. The molecule has 3 aromatic carbocycles. The van der Waals surface area contributed by atoms with E-state index in [1.165, 1.54) is 22.9 Å². The molecule has 5 rings (SSSR count). The van der Waals surface area contributed by atoms with Crippen LogP contribution in [-0.2, 0) is 11.3 Å². The maximum Gasteiger partial charge on any atom is 0.407 e. The second-order valence-corrected chi connectivity index (χ2v) is 9.69. The summed E-state index contributed by atoms with van der Waals surface area (Å²) >= 11 is 1.34. The molecule has 4 aromatic rings. The van der Waals surface area contributed by atoms with E-state index in [1.807, 2.05) is 31.2 Å². The molecule has 1 aliphatic carbocycles. The second kappa shape index (κ2) is 10.7. The number of amides is 1. The van der Waals surface area contributed by atoms with Gasteiger partial charge < -0.3 is 10.1 Å². The molecule has 1 aromatic heterocycles. The van der Waals surface area contributed by atoms with Gasteiger partial charge in [0.15, 0.2) is 6.29 Å². The summed E-state index contributed by atoms with van der Waals surface area (Å²) in [6, 6.07) is 25.5. The van der Waals surface area contributed by atoms with Gasteiger partial charge in [-0.05, 0) is 64.6 Å². The molecule has 1 N–H and O–H groups in total. The predicted molar refractivity (Wildman–Crippen MR) is 142 cm³/mol. The van der Waals surface area contributed by atoms with Gasteiger partial charge in [-0.2, -0.15) is 5.26 Å². The summed E-state index contributed by atoms with van der Waals surface area (Å²) in [6.07, 6.45) is 1.86. The Balaban J connectivity index is 1.31. The number of ether oxygens (including phenoxy) is 1. The lowest BCUT2D eigenvalue weighted by Gasteiger charge is -2.16. The first kappa shape index (κ1) is 24.3. The van der Waals surface area contributed by atoms with Crippen LogP contribution in [0.15, 0.2) is 88.9 Å². The van der Waals surface area contributed by atoms with Crippen molar-refractivity contribution in [2.24, 2.45) is 0 Å². The molecule has 182 valence electrons. The molecule has 1 heterocycles. The fourth-order valence-electron chi connectivity index (χ4n) is 4.68. The zero-order chi connectivity index (χ0) is 25.8. The Bertz CT molecular complexity index is 1500. The van der Waals surface area contributed by atoms with E-state index in [2.05, 4.69) is 40.6 Å². The van der Waals surface area contributed by atoms with Crippen molar-refractivity contribution in [2.45, 2.75) is 29.3 Å². The highest BCUT2D eigenvalue weighted by atomic mass is 32.2. The third-order valence-corrected chi connectivity index (χ3v) is 7.70. The lowest BCUT2D eigenvalue weighted by atomic mass is 9.98. The highest BCUT2D eigenvalue weighted by Crippen LogP contribution is 2.44. The summed E-state index contributed by atoms with van der Waals surface area (Å²) in [5, 5.41) is 12.9. The van der Waals surface area contributed by atoms with Crippen molar-refractivity contribution in [3.63, 3.8) is 0 Å². The fraction of sp³-hybridized carbons (Fsp3) is 0.133. The van der Waals surface area contributed by atoms with Crippen LogP contribution in [0.4, 0.5) is 4.79 Å². The normalized spacial score (nSPS) is 11.8. The summed E-state index contributed by atoms with van der Waals surface area (Å²) in [5.74, 6) is -0.0284. The van der Waals surface area contributed by atoms with Crippen LogP contribution in [0, 0.1) is 18.3 Å². The number of aryl methyl sites for hydroxylation is 1. The van der Waals surface area contributed by atoms with Crippen molar-refractivity contribution < 1.29 is 14.3 Å². The molecule has 0 unspecified atom stereocenters. The minimum absolute atomic E-state index is 0.0284. The van der Waals surface area contributed by atoms with Crippen LogP contribution in [0.25, 0.3) is 11.1 Å². The summed E-state index contributed by atoms with van der Waals surface area (Å²) < 4.78 is 5.66. The second-order valence-electron chi connectivity index (χ2n) is 8.69. The standard InChI is InChI=1S/C30H23N3O3S/c1-19-13-20(15-31)14-22(28(19)37-29-21(17-34)7-6-12-32-29)16-33-30(35)36-18-27-25-10-4-2-8-23(25)24-9-3-5-11-26(24)27/h2-14,17,27H,16,18H2,1H3,(H,33,35). The van der Waals surface area contributed by atoms with E-state index >= 15 is 0 Å². The van der Waals surface area contributed by atoms with Crippen LogP contribution in [0.3, 0.4) is 0 Å². The van der Waals surface area contributed by atoms with Crippen molar-refractivity contribution in [3.8, 4) is 17.2 Å². The van der Waals surface area contributed by atoms with Crippen LogP contribution in [-0.4, -0.2) is 24.0 Å². The van der Waals surface area contributed by atoms with Gasteiger partial charge in [-0.3, -0.25) is 4.79 Å². The Morgan fingerprint density at radius 3 is 2.46 bits per heavy atom. The Morgan fingerprint density at radius 2 is 1.78 bits per heavy atom. The van der Waals surface area contributed by atoms with E-state index in [0.29, 0.717) is 16.2 Å². The fourth-order valence-corrected chi connectivity index (χ4v) is 5.70. The quantitative estimate of drug-likeness (QED) is 0.298. The van der Waals surface area contributed by atoms with Crippen molar-refractivity contribution >= 4 is 24.1 Å². The van der Waals surface area contributed by atoms with Gasteiger partial charge in [-0.25, -0.2) is 9.78 Å². The van der Waals surface area contributed by atoms with E-state index in [0.717, 1.165) is 33.4 Å². The maximum absolute atomic E-state index is 12.7. The molecule has 0 radical (unpaired) electrons. The average Bonchev–Trinajstić information content (AvgIpc) is 3.25. The number of carbonyl (C=O) groups is 2. The number of carbonyl (C=O) groups excluding carboxylic acids is 2. The smallest absolute Gasteiger partial charge is 0.407 e. The number of rotatable bonds is 7. The number of fused-ring (bicyclic) bond motifs is 3. The largest absolute Gasteiger partial charge is 0.449 e. The molecular formula is C30H23N3O3S. The Labute approximate surface area is 219 Å². The van der Waals surface area contributed by atoms with Gasteiger partial charge in [0.25, 0.3) is 0 Å². The number of nitrogens with one attached hydrogen (secondary N) is 1. The lowest BCUT2D eigenvalue weighted by molar-refractivity contribution is 0.112. The number of pyridine rings is 1. The third kappa shape index (κ3) is 4.97. The molecule has 0 aliphatic heterocycles. The van der Waals surface area contributed by atoms with Gasteiger partial charge in [0.2, 0.25) is 0 Å². The summed E-state index contributed by atoms with van der Waals surface area (Å²) in [5.41, 5.74) is 7.20. The number of hydrogen-bond donors (Lipinski definition) is 1. The predicted octanol–water partition coefficient (Wildman–Crippen LogP) is 6.26. The molecule has 1 amide bonds. The number of alkyl carbamates (subject to hydrolysis) is 1. The highest BCUT2D eigenvalue weighted by Gasteiger charge is 2.29. The summed E-state index contributed by atoms with van der Waals surface area (Å²) in [7, 11) is 0.